The number of anilines is 1. The zero-order valence-electron chi connectivity index (χ0n) is 21.4. The summed E-state index contributed by atoms with van der Waals surface area (Å²) in [5.41, 5.74) is 0.232. The van der Waals surface area contributed by atoms with E-state index in [1.165, 1.54) is 12.1 Å². The van der Waals surface area contributed by atoms with E-state index >= 15 is 0 Å². The Morgan fingerprint density at radius 1 is 0.821 bits per heavy atom. The molecule has 3 aromatic rings. The average Bonchev–Trinajstić information content (AvgIpc) is 2.92. The third-order valence-corrected chi connectivity index (χ3v) is 6.49. The molecular weight excluding hydrogens is 551 g/mol. The second-order valence-corrected chi connectivity index (χ2v) is 9.17. The van der Waals surface area contributed by atoms with E-state index in [-0.39, 0.29) is 12.4 Å². The topological polar surface area (TPSA) is 46.2 Å². The van der Waals surface area contributed by atoms with E-state index in [1.54, 1.807) is 31.4 Å². The molecule has 1 aliphatic rings. The van der Waals surface area contributed by atoms with Crippen LogP contribution in [0.4, 0.5) is 18.9 Å². The Bertz CT molecular complexity index is 1170. The number of piperazine rings is 1. The van der Waals surface area contributed by atoms with Crippen LogP contribution in [0.15, 0.2) is 72.8 Å². The quantitative estimate of drug-likeness (QED) is 0.222. The number of nitrogens with one attached hydrogen (secondary N) is 1. The third-order valence-electron chi connectivity index (χ3n) is 6.13. The Balaban J connectivity index is 0.00000420. The molecule has 4 rings (SSSR count). The number of hydrogen-bond acceptors (Lipinski definition) is 5. The maximum atomic E-state index is 12.7. The number of ether oxygens (including phenoxy) is 3. The summed E-state index contributed by atoms with van der Waals surface area (Å²) >= 11 is 5.58. The molecule has 6 nitrogen and oxygen atoms in total. The lowest BCUT2D eigenvalue weighted by atomic mass is 10.2. The molecule has 0 unspecified atom stereocenters. The highest BCUT2D eigenvalue weighted by atomic mass is 35.5. The first-order valence-corrected chi connectivity index (χ1v) is 12.7. The van der Waals surface area contributed by atoms with Crippen molar-refractivity contribution in [2.45, 2.75) is 12.6 Å². The van der Waals surface area contributed by atoms with Crippen LogP contribution in [0.25, 0.3) is 0 Å². The second-order valence-electron chi connectivity index (χ2n) is 8.78. The summed E-state index contributed by atoms with van der Waals surface area (Å²) in [6, 6.07) is 19.3. The maximum absolute atomic E-state index is 12.7. The normalized spacial score (nSPS) is 13.8. The molecule has 0 aliphatic carbocycles. The van der Waals surface area contributed by atoms with E-state index in [9.17, 15) is 13.2 Å². The highest BCUT2D eigenvalue weighted by Gasteiger charge is 2.30. The van der Waals surface area contributed by atoms with Gasteiger partial charge in [-0.15, -0.1) is 12.4 Å². The highest BCUT2D eigenvalue weighted by molar-refractivity contribution is 7.80. The van der Waals surface area contributed by atoms with Crippen LogP contribution in [0.5, 0.6) is 23.0 Å². The molecule has 0 spiro atoms. The number of halogens is 4. The predicted molar refractivity (Wildman–Crippen MR) is 153 cm³/mol. The van der Waals surface area contributed by atoms with Gasteiger partial charge in [0.25, 0.3) is 0 Å². The SMILES string of the molecule is COc1ccc(NC(=S)N2CCN(CCCOc3ccc(Oc4ccc(C(F)(F)F)cc4)cc3)CC2)cc1.Cl. The minimum absolute atomic E-state index is 0. The van der Waals surface area contributed by atoms with Crippen LogP contribution < -0.4 is 19.5 Å². The van der Waals surface area contributed by atoms with Crippen molar-refractivity contribution in [3.05, 3.63) is 78.4 Å². The van der Waals surface area contributed by atoms with Crippen molar-refractivity contribution in [1.82, 2.24) is 9.80 Å². The lowest BCUT2D eigenvalue weighted by Gasteiger charge is -2.36. The first-order chi connectivity index (χ1) is 18.3. The van der Waals surface area contributed by atoms with Gasteiger partial charge in [0.2, 0.25) is 0 Å². The molecule has 1 aliphatic heterocycles. The molecule has 0 saturated carbocycles. The van der Waals surface area contributed by atoms with E-state index in [4.69, 9.17) is 26.4 Å². The average molecular weight is 582 g/mol. The molecular formula is C28H31ClF3N3O3S. The van der Waals surface area contributed by atoms with Crippen molar-refractivity contribution in [1.29, 1.82) is 0 Å². The summed E-state index contributed by atoms with van der Waals surface area (Å²) in [6.07, 6.45) is -3.48. The van der Waals surface area contributed by atoms with Gasteiger partial charge in [-0.1, -0.05) is 0 Å². The van der Waals surface area contributed by atoms with E-state index < -0.39 is 11.7 Å². The standard InChI is InChI=1S/C28H30F3N3O3S.ClH/c1-35-23-9-5-22(6-10-23)32-27(38)34-18-16-33(17-19-34)15-2-20-36-24-11-13-26(14-12-24)37-25-7-3-21(4-8-25)28(29,30)31;/h3-14H,2,15-20H2,1H3,(H,32,38);1H. The Kier molecular flexibility index (Phi) is 11.1. The number of alkyl halides is 3. The fraction of sp³-hybridized carbons (Fsp3) is 0.321. The van der Waals surface area contributed by atoms with Crippen LogP contribution in [0.3, 0.4) is 0 Å². The van der Waals surface area contributed by atoms with Gasteiger partial charge in [0.05, 0.1) is 19.3 Å². The van der Waals surface area contributed by atoms with Crippen molar-refractivity contribution in [3.8, 4) is 23.0 Å². The number of methoxy groups -OCH3 is 1. The molecule has 1 saturated heterocycles. The molecule has 39 heavy (non-hydrogen) atoms. The zero-order valence-corrected chi connectivity index (χ0v) is 23.1. The van der Waals surface area contributed by atoms with E-state index in [1.807, 2.05) is 24.3 Å². The van der Waals surface area contributed by atoms with Crippen molar-refractivity contribution in [3.63, 3.8) is 0 Å². The van der Waals surface area contributed by atoms with Gasteiger partial charge in [0, 0.05) is 38.4 Å². The van der Waals surface area contributed by atoms with Crippen molar-refractivity contribution < 1.29 is 27.4 Å². The molecule has 1 N–H and O–H groups in total. The maximum Gasteiger partial charge on any atom is 0.416 e. The third kappa shape index (κ3) is 9.19. The van der Waals surface area contributed by atoms with Gasteiger partial charge >= 0.3 is 6.18 Å². The summed E-state index contributed by atoms with van der Waals surface area (Å²) < 4.78 is 54.7. The molecule has 0 aromatic heterocycles. The number of rotatable bonds is 9. The summed E-state index contributed by atoms with van der Waals surface area (Å²) in [5.74, 6) is 2.38. The Labute approximate surface area is 238 Å². The van der Waals surface area contributed by atoms with Crippen LogP contribution in [0.2, 0.25) is 0 Å². The molecule has 0 amide bonds. The summed E-state index contributed by atoms with van der Waals surface area (Å²) in [6.45, 7) is 5.10. The molecule has 1 fully saturated rings. The molecule has 3 aromatic carbocycles. The van der Waals surface area contributed by atoms with E-state index in [0.717, 1.165) is 67.8 Å². The molecule has 0 atom stereocenters. The number of nitrogens with zero attached hydrogens (tertiary/aromatic N) is 2. The number of hydrogen-bond donors (Lipinski definition) is 1. The molecule has 11 heteroatoms. The Hall–Kier alpha value is -3.21. The molecule has 0 bridgehead atoms. The van der Waals surface area contributed by atoms with Crippen molar-refractivity contribution in [2.24, 2.45) is 0 Å². The minimum atomic E-state index is -4.37. The lowest BCUT2D eigenvalue weighted by Crippen LogP contribution is -2.50. The second kappa shape index (κ2) is 14.3. The summed E-state index contributed by atoms with van der Waals surface area (Å²) in [4.78, 5) is 4.58. The number of benzene rings is 3. The fourth-order valence-electron chi connectivity index (χ4n) is 3.98. The monoisotopic (exact) mass is 581 g/mol. The molecule has 1 heterocycles. The largest absolute Gasteiger partial charge is 0.497 e. The van der Waals surface area contributed by atoms with E-state index in [0.29, 0.717) is 23.9 Å². The smallest absolute Gasteiger partial charge is 0.416 e. The summed E-state index contributed by atoms with van der Waals surface area (Å²) in [7, 11) is 1.64. The van der Waals surface area contributed by atoms with Crippen LogP contribution in [0.1, 0.15) is 12.0 Å². The van der Waals surface area contributed by atoms with E-state index in [2.05, 4.69) is 15.1 Å². The Morgan fingerprint density at radius 3 is 1.92 bits per heavy atom. The first-order valence-electron chi connectivity index (χ1n) is 12.3. The van der Waals surface area contributed by atoms with Gasteiger partial charge in [-0.3, -0.25) is 4.90 Å². The van der Waals surface area contributed by atoms with Gasteiger partial charge < -0.3 is 24.4 Å². The minimum Gasteiger partial charge on any atom is -0.497 e. The number of thiocarbonyl (C=S) groups is 1. The van der Waals surface area contributed by atoms with Crippen LogP contribution in [-0.2, 0) is 6.18 Å². The van der Waals surface area contributed by atoms with Crippen LogP contribution >= 0.6 is 24.6 Å². The highest BCUT2D eigenvalue weighted by Crippen LogP contribution is 2.31. The van der Waals surface area contributed by atoms with Crippen LogP contribution in [0, 0.1) is 0 Å². The first kappa shape index (κ1) is 30.3. The van der Waals surface area contributed by atoms with Crippen molar-refractivity contribution in [2.75, 3.05) is 51.8 Å². The fourth-order valence-corrected chi connectivity index (χ4v) is 4.28. The van der Waals surface area contributed by atoms with Gasteiger partial charge in [0.15, 0.2) is 5.11 Å². The van der Waals surface area contributed by atoms with Crippen molar-refractivity contribution >= 4 is 35.4 Å². The van der Waals surface area contributed by atoms with Gasteiger partial charge in [-0.05, 0) is 91.4 Å². The summed E-state index contributed by atoms with van der Waals surface area (Å²) in [5, 5.41) is 4.01. The van der Waals surface area contributed by atoms with Gasteiger partial charge in [-0.25, -0.2) is 0 Å². The molecule has 210 valence electrons. The zero-order chi connectivity index (χ0) is 27.0. The van der Waals surface area contributed by atoms with Crippen LogP contribution in [-0.4, -0.2) is 61.4 Å². The Morgan fingerprint density at radius 2 is 1.36 bits per heavy atom. The van der Waals surface area contributed by atoms with Gasteiger partial charge in [-0.2, -0.15) is 13.2 Å². The molecule has 0 radical (unpaired) electrons. The van der Waals surface area contributed by atoms with Gasteiger partial charge in [0.1, 0.15) is 23.0 Å². The lowest BCUT2D eigenvalue weighted by molar-refractivity contribution is -0.137. The predicted octanol–water partition coefficient (Wildman–Crippen LogP) is 6.71.